The molecule has 0 saturated heterocycles. The Balaban J connectivity index is 2.68. The van der Waals surface area contributed by atoms with Crippen molar-refractivity contribution in [3.8, 4) is 0 Å². The lowest BCUT2D eigenvalue weighted by atomic mass is 10.1. The zero-order valence-corrected chi connectivity index (χ0v) is 11.7. The Morgan fingerprint density at radius 3 is 2.84 bits per heavy atom. The maximum atomic E-state index is 12.3. The van der Waals surface area contributed by atoms with Crippen molar-refractivity contribution in [3.05, 3.63) is 57.6 Å². The molecule has 0 aliphatic heterocycles. The molecule has 1 atom stereocenters. The zero-order valence-electron chi connectivity index (χ0n) is 10.9. The molecule has 2 radical (unpaired) electrons. The van der Waals surface area contributed by atoms with Crippen molar-refractivity contribution in [1.29, 1.82) is 0 Å². The first-order chi connectivity index (χ1) is 8.91. The largest absolute Gasteiger partial charge is 0.381 e. The number of aromatic nitrogens is 1. The van der Waals surface area contributed by atoms with Crippen LogP contribution in [0.2, 0.25) is 5.02 Å². The fraction of sp³-hybridized carbons (Fsp3) is 0.214. The molecule has 1 unspecified atom stereocenters. The van der Waals surface area contributed by atoms with Crippen LogP contribution in [0.15, 0.2) is 41.3 Å². The zero-order chi connectivity index (χ0) is 14.2. The number of rotatable bonds is 3. The van der Waals surface area contributed by atoms with Gasteiger partial charge in [0.2, 0.25) is 13.5 Å². The van der Waals surface area contributed by atoms with Crippen LogP contribution in [-0.4, -0.2) is 12.5 Å². The molecule has 0 amide bonds. The molecule has 2 aromatic rings. The summed E-state index contributed by atoms with van der Waals surface area (Å²) < 4.78 is 1.13. The van der Waals surface area contributed by atoms with Crippen molar-refractivity contribution in [2.24, 2.45) is 0 Å². The Kier molecular flexibility index (Phi) is 3.72. The summed E-state index contributed by atoms with van der Waals surface area (Å²) in [6, 6.07) is 7.09. The van der Waals surface area contributed by atoms with Crippen molar-refractivity contribution in [2.45, 2.75) is 19.9 Å². The van der Waals surface area contributed by atoms with Crippen molar-refractivity contribution in [2.75, 3.05) is 0 Å². The number of nitrogens with zero attached hydrogens (tertiary/aromatic N) is 1. The molecule has 3 nitrogen and oxygen atoms in total. The predicted molar refractivity (Wildman–Crippen MR) is 80.7 cm³/mol. The van der Waals surface area contributed by atoms with Crippen LogP contribution in [0.1, 0.15) is 25.6 Å². The van der Waals surface area contributed by atoms with Gasteiger partial charge in [-0.1, -0.05) is 30.3 Å². The van der Waals surface area contributed by atoms with Crippen LogP contribution in [0.25, 0.3) is 10.8 Å². The lowest BCUT2D eigenvalue weighted by molar-refractivity contribution is 0.627. The molecule has 19 heavy (non-hydrogen) atoms. The molecule has 96 valence electrons. The monoisotopic (exact) mass is 272 g/mol. The van der Waals surface area contributed by atoms with Gasteiger partial charge in [-0.2, -0.15) is 0 Å². The van der Waals surface area contributed by atoms with E-state index in [2.05, 4.69) is 11.9 Å². The third kappa shape index (κ3) is 2.54. The fourth-order valence-electron chi connectivity index (χ4n) is 2.13. The van der Waals surface area contributed by atoms with Gasteiger partial charge in [-0.05, 0) is 31.4 Å². The molecular formula is C14H14BClN2O. The van der Waals surface area contributed by atoms with Gasteiger partial charge in [-0.25, -0.2) is 0 Å². The van der Waals surface area contributed by atoms with Gasteiger partial charge >= 0.3 is 0 Å². The first-order valence-electron chi connectivity index (χ1n) is 5.93. The SMILES string of the molecule is [B]n1c(C(C)NC(=C)C)cc2cccc(Cl)c2c1=O. The van der Waals surface area contributed by atoms with Gasteiger partial charge in [-0.3, -0.25) is 4.79 Å². The highest BCUT2D eigenvalue weighted by molar-refractivity contribution is 6.35. The maximum absolute atomic E-state index is 12.3. The van der Waals surface area contributed by atoms with Crippen LogP contribution in [0.5, 0.6) is 0 Å². The van der Waals surface area contributed by atoms with Gasteiger partial charge in [-0.15, -0.1) is 0 Å². The molecule has 5 heteroatoms. The number of hydrogen-bond acceptors (Lipinski definition) is 2. The summed E-state index contributed by atoms with van der Waals surface area (Å²) in [7, 11) is 5.87. The van der Waals surface area contributed by atoms with E-state index in [1.807, 2.05) is 32.0 Å². The summed E-state index contributed by atoms with van der Waals surface area (Å²) in [6.45, 7) is 7.56. The van der Waals surface area contributed by atoms with Crippen LogP contribution >= 0.6 is 11.6 Å². The molecule has 1 heterocycles. The van der Waals surface area contributed by atoms with Crippen LogP contribution in [0.4, 0.5) is 0 Å². The van der Waals surface area contributed by atoms with Gasteiger partial charge in [0, 0.05) is 11.4 Å². The topological polar surface area (TPSA) is 34.0 Å². The average Bonchev–Trinajstić information content (AvgIpc) is 2.32. The minimum atomic E-state index is -0.298. The molecule has 0 fully saturated rings. The summed E-state index contributed by atoms with van der Waals surface area (Å²) in [4.78, 5) is 12.3. The molecular weight excluding hydrogens is 258 g/mol. The van der Waals surface area contributed by atoms with Gasteiger partial charge in [0.25, 0.3) is 0 Å². The lowest BCUT2D eigenvalue weighted by Gasteiger charge is -2.20. The Morgan fingerprint density at radius 2 is 2.21 bits per heavy atom. The number of allylic oxidation sites excluding steroid dienone is 1. The number of nitrogens with one attached hydrogen (secondary N) is 1. The third-order valence-electron chi connectivity index (χ3n) is 2.97. The molecule has 1 aromatic carbocycles. The Morgan fingerprint density at radius 1 is 1.53 bits per heavy atom. The first-order valence-corrected chi connectivity index (χ1v) is 6.31. The van der Waals surface area contributed by atoms with Crippen LogP contribution in [-0.2, 0) is 0 Å². The summed E-state index contributed by atoms with van der Waals surface area (Å²) in [5.74, 6) is 0. The van der Waals surface area contributed by atoms with Crippen molar-refractivity contribution >= 4 is 30.4 Å². The number of halogens is 1. The summed E-state index contributed by atoms with van der Waals surface area (Å²) >= 11 is 6.05. The van der Waals surface area contributed by atoms with E-state index >= 15 is 0 Å². The standard InChI is InChI=1S/C14H14BClN2O/c1-8(2)17-9(3)12-7-10-5-4-6-11(16)13(10)14(19)18(12)15/h4-7,9,17H,1H2,2-3H3. The molecule has 0 aliphatic rings. The van der Waals surface area contributed by atoms with Crippen LogP contribution in [0.3, 0.4) is 0 Å². The minimum absolute atomic E-state index is 0.112. The van der Waals surface area contributed by atoms with E-state index in [1.54, 1.807) is 6.07 Å². The second kappa shape index (κ2) is 5.13. The first kappa shape index (κ1) is 13.7. The highest BCUT2D eigenvalue weighted by Crippen LogP contribution is 2.22. The van der Waals surface area contributed by atoms with Crippen molar-refractivity contribution in [1.82, 2.24) is 9.79 Å². The third-order valence-corrected chi connectivity index (χ3v) is 3.28. The van der Waals surface area contributed by atoms with E-state index < -0.39 is 0 Å². The van der Waals surface area contributed by atoms with E-state index in [0.29, 0.717) is 16.1 Å². The van der Waals surface area contributed by atoms with E-state index in [9.17, 15) is 4.79 Å². The highest BCUT2D eigenvalue weighted by Gasteiger charge is 2.13. The van der Waals surface area contributed by atoms with Crippen molar-refractivity contribution < 1.29 is 0 Å². The molecule has 1 N–H and O–H groups in total. The van der Waals surface area contributed by atoms with Crippen LogP contribution in [0, 0.1) is 0 Å². The second-order valence-electron chi connectivity index (χ2n) is 4.59. The van der Waals surface area contributed by atoms with E-state index in [4.69, 9.17) is 19.6 Å². The van der Waals surface area contributed by atoms with Crippen molar-refractivity contribution in [3.63, 3.8) is 0 Å². The Hall–Kier alpha value is -1.68. The lowest BCUT2D eigenvalue weighted by Crippen LogP contribution is -2.28. The van der Waals surface area contributed by atoms with Gasteiger partial charge < -0.3 is 9.79 Å². The molecule has 1 aromatic heterocycles. The maximum Gasteiger partial charge on any atom is 0.247 e. The van der Waals surface area contributed by atoms with Gasteiger partial charge in [0.05, 0.1) is 16.5 Å². The summed E-state index contributed by atoms with van der Waals surface area (Å²) in [6.07, 6.45) is 0. The molecule has 0 spiro atoms. The number of benzene rings is 1. The second-order valence-corrected chi connectivity index (χ2v) is 5.00. The Labute approximate surface area is 118 Å². The average molecular weight is 273 g/mol. The van der Waals surface area contributed by atoms with E-state index in [1.165, 1.54) is 0 Å². The number of fused-ring (bicyclic) bond motifs is 1. The smallest absolute Gasteiger partial charge is 0.247 e. The van der Waals surface area contributed by atoms with E-state index in [-0.39, 0.29) is 11.6 Å². The number of pyridine rings is 1. The molecule has 0 aliphatic carbocycles. The normalized spacial score (nSPS) is 12.4. The summed E-state index contributed by atoms with van der Waals surface area (Å²) in [5, 5.41) is 4.77. The van der Waals surface area contributed by atoms with Crippen LogP contribution < -0.4 is 10.9 Å². The van der Waals surface area contributed by atoms with Gasteiger partial charge in [0.1, 0.15) is 0 Å². The predicted octanol–water partition coefficient (Wildman–Crippen LogP) is 2.77. The highest BCUT2D eigenvalue weighted by atomic mass is 35.5. The quantitative estimate of drug-likeness (QED) is 0.872. The minimum Gasteiger partial charge on any atom is -0.381 e. The summed E-state index contributed by atoms with van der Waals surface area (Å²) in [5.41, 5.74) is 1.20. The Bertz CT molecular complexity index is 708. The molecule has 0 saturated carbocycles. The fourth-order valence-corrected chi connectivity index (χ4v) is 2.39. The van der Waals surface area contributed by atoms with E-state index in [0.717, 1.165) is 15.6 Å². The number of hydrogen-bond donors (Lipinski definition) is 1. The molecule has 2 rings (SSSR count). The van der Waals surface area contributed by atoms with Gasteiger partial charge in [0.15, 0.2) is 0 Å². The molecule has 0 bridgehead atoms.